The molecular formula is C15H22FN3. The Morgan fingerprint density at radius 2 is 2.16 bits per heavy atom. The molecule has 0 saturated heterocycles. The van der Waals surface area contributed by atoms with Gasteiger partial charge >= 0.3 is 0 Å². The number of pyridine rings is 1. The lowest BCUT2D eigenvalue weighted by Gasteiger charge is -2.24. The molecule has 104 valence electrons. The van der Waals surface area contributed by atoms with E-state index in [1.54, 1.807) is 6.07 Å². The quantitative estimate of drug-likeness (QED) is 0.820. The number of nitrogens with one attached hydrogen (secondary N) is 1. The number of hydrogen-bond acceptors (Lipinski definition) is 3. The highest BCUT2D eigenvalue weighted by Gasteiger charge is 2.26. The van der Waals surface area contributed by atoms with Gasteiger partial charge in [-0.25, -0.2) is 9.37 Å². The van der Waals surface area contributed by atoms with Gasteiger partial charge in [-0.05, 0) is 44.6 Å². The highest BCUT2D eigenvalue weighted by atomic mass is 19.1. The van der Waals surface area contributed by atoms with Crippen LogP contribution in [0, 0.1) is 11.7 Å². The van der Waals surface area contributed by atoms with Gasteiger partial charge in [-0.1, -0.05) is 0 Å². The summed E-state index contributed by atoms with van der Waals surface area (Å²) in [6, 6.07) is 2.27. The molecule has 0 bridgehead atoms. The number of halogens is 1. The average molecular weight is 263 g/mol. The summed E-state index contributed by atoms with van der Waals surface area (Å²) in [4.78, 5) is 6.63. The number of nitrogens with zero attached hydrogens (tertiary/aromatic N) is 2. The van der Waals surface area contributed by atoms with Gasteiger partial charge < -0.3 is 10.2 Å². The fourth-order valence-corrected chi connectivity index (χ4v) is 2.41. The third-order valence-corrected chi connectivity index (χ3v) is 3.92. The zero-order chi connectivity index (χ0) is 13.2. The minimum atomic E-state index is -0.237. The van der Waals surface area contributed by atoms with Crippen molar-refractivity contribution < 1.29 is 4.39 Å². The van der Waals surface area contributed by atoms with Crippen LogP contribution in [0.1, 0.15) is 38.2 Å². The molecule has 0 aromatic carbocycles. The lowest BCUT2D eigenvalue weighted by atomic mass is 10.2. The van der Waals surface area contributed by atoms with Crippen molar-refractivity contribution in [3.05, 3.63) is 23.6 Å². The highest BCUT2D eigenvalue weighted by Crippen LogP contribution is 2.32. The van der Waals surface area contributed by atoms with Gasteiger partial charge in [0, 0.05) is 31.2 Å². The molecule has 2 fully saturated rings. The lowest BCUT2D eigenvalue weighted by Crippen LogP contribution is -2.28. The third kappa shape index (κ3) is 3.44. The van der Waals surface area contributed by atoms with Crippen LogP contribution in [0.4, 0.5) is 10.2 Å². The third-order valence-electron chi connectivity index (χ3n) is 3.92. The van der Waals surface area contributed by atoms with Gasteiger partial charge in [0.25, 0.3) is 0 Å². The summed E-state index contributed by atoms with van der Waals surface area (Å²) in [5.41, 5.74) is 0.995. The molecule has 0 aliphatic heterocycles. The monoisotopic (exact) mass is 263 g/mol. The van der Waals surface area contributed by atoms with E-state index >= 15 is 0 Å². The minimum Gasteiger partial charge on any atom is -0.356 e. The van der Waals surface area contributed by atoms with Crippen molar-refractivity contribution in [2.24, 2.45) is 5.92 Å². The zero-order valence-electron chi connectivity index (χ0n) is 11.5. The highest BCUT2D eigenvalue weighted by molar-refractivity contribution is 5.47. The average Bonchev–Trinajstić information content (AvgIpc) is 3.28. The van der Waals surface area contributed by atoms with Crippen LogP contribution < -0.4 is 10.2 Å². The fourth-order valence-electron chi connectivity index (χ4n) is 2.41. The Morgan fingerprint density at radius 3 is 2.79 bits per heavy atom. The maximum absolute atomic E-state index is 13.4. The van der Waals surface area contributed by atoms with Crippen molar-refractivity contribution in [1.82, 2.24) is 10.3 Å². The first-order valence-electron chi connectivity index (χ1n) is 7.39. The summed E-state index contributed by atoms with van der Waals surface area (Å²) < 4.78 is 13.4. The van der Waals surface area contributed by atoms with Gasteiger partial charge in [0.2, 0.25) is 0 Å². The molecule has 19 heavy (non-hydrogen) atoms. The second-order valence-electron chi connectivity index (χ2n) is 5.77. The van der Waals surface area contributed by atoms with E-state index in [2.05, 4.69) is 22.1 Å². The van der Waals surface area contributed by atoms with E-state index in [0.29, 0.717) is 6.04 Å². The maximum Gasteiger partial charge on any atom is 0.141 e. The van der Waals surface area contributed by atoms with Crippen LogP contribution in [0.15, 0.2) is 12.3 Å². The van der Waals surface area contributed by atoms with E-state index in [0.717, 1.165) is 36.9 Å². The normalized spacial score (nSPS) is 18.6. The summed E-state index contributed by atoms with van der Waals surface area (Å²) in [5, 5.41) is 3.46. The van der Waals surface area contributed by atoms with E-state index in [-0.39, 0.29) is 5.82 Å². The molecule has 0 amide bonds. The topological polar surface area (TPSA) is 28.2 Å². The molecule has 3 nitrogen and oxygen atoms in total. The van der Waals surface area contributed by atoms with Crippen molar-refractivity contribution in [2.45, 2.75) is 45.2 Å². The molecule has 0 atom stereocenters. The van der Waals surface area contributed by atoms with Crippen LogP contribution in [-0.4, -0.2) is 24.1 Å². The van der Waals surface area contributed by atoms with E-state index in [1.165, 1.54) is 31.9 Å². The molecule has 1 N–H and O–H groups in total. The van der Waals surface area contributed by atoms with Gasteiger partial charge in [-0.3, -0.25) is 0 Å². The molecule has 0 spiro atoms. The number of rotatable bonds is 7. The Hall–Kier alpha value is -1.16. The Kier molecular flexibility index (Phi) is 3.69. The summed E-state index contributed by atoms with van der Waals surface area (Å²) in [7, 11) is 0. The largest absolute Gasteiger partial charge is 0.356 e. The standard InChI is InChI=1S/C15H22FN3/c1-2-19(10-11-3-4-11)15-12(7-13(16)9-18-15)8-17-14-5-6-14/h7,9,11,14,17H,2-6,8,10H2,1H3. The summed E-state index contributed by atoms with van der Waals surface area (Å²) in [6.45, 7) is 4.87. The van der Waals surface area contributed by atoms with Gasteiger partial charge in [0.05, 0.1) is 6.20 Å². The van der Waals surface area contributed by atoms with E-state index in [9.17, 15) is 4.39 Å². The molecule has 1 aromatic heterocycles. The lowest BCUT2D eigenvalue weighted by molar-refractivity contribution is 0.608. The Labute approximate surface area is 114 Å². The molecule has 2 aliphatic carbocycles. The van der Waals surface area contributed by atoms with Crippen LogP contribution in [0.2, 0.25) is 0 Å². The maximum atomic E-state index is 13.4. The SMILES string of the molecule is CCN(CC1CC1)c1ncc(F)cc1CNC1CC1. The first kappa shape index (κ1) is 12.9. The van der Waals surface area contributed by atoms with Gasteiger partial charge in [0.15, 0.2) is 0 Å². The van der Waals surface area contributed by atoms with Crippen LogP contribution in [0.5, 0.6) is 0 Å². The molecule has 3 rings (SSSR count). The molecule has 0 unspecified atom stereocenters. The number of aromatic nitrogens is 1. The van der Waals surface area contributed by atoms with Crippen LogP contribution in [0.25, 0.3) is 0 Å². The van der Waals surface area contributed by atoms with E-state index in [1.807, 2.05) is 0 Å². The Morgan fingerprint density at radius 1 is 1.37 bits per heavy atom. The molecule has 2 saturated carbocycles. The van der Waals surface area contributed by atoms with E-state index in [4.69, 9.17) is 0 Å². The molecule has 1 aromatic rings. The van der Waals surface area contributed by atoms with Crippen LogP contribution >= 0.6 is 0 Å². The molecule has 4 heteroatoms. The first-order chi connectivity index (χ1) is 9.26. The van der Waals surface area contributed by atoms with Crippen LogP contribution in [0.3, 0.4) is 0 Å². The van der Waals surface area contributed by atoms with Gasteiger partial charge in [-0.2, -0.15) is 0 Å². The Bertz CT molecular complexity index is 441. The predicted molar refractivity (Wildman–Crippen MR) is 74.7 cm³/mol. The zero-order valence-corrected chi connectivity index (χ0v) is 11.5. The molecule has 2 aliphatic rings. The van der Waals surface area contributed by atoms with Crippen molar-refractivity contribution in [3.63, 3.8) is 0 Å². The van der Waals surface area contributed by atoms with Crippen molar-refractivity contribution >= 4 is 5.82 Å². The van der Waals surface area contributed by atoms with Crippen molar-refractivity contribution in [1.29, 1.82) is 0 Å². The summed E-state index contributed by atoms with van der Waals surface area (Å²) in [5.74, 6) is 1.54. The smallest absolute Gasteiger partial charge is 0.141 e. The summed E-state index contributed by atoms with van der Waals surface area (Å²) in [6.07, 6.45) is 6.49. The Balaban J connectivity index is 1.75. The van der Waals surface area contributed by atoms with Gasteiger partial charge in [0.1, 0.15) is 11.6 Å². The number of hydrogen-bond donors (Lipinski definition) is 1. The number of anilines is 1. The molecule has 0 radical (unpaired) electrons. The summed E-state index contributed by atoms with van der Waals surface area (Å²) >= 11 is 0. The second-order valence-corrected chi connectivity index (χ2v) is 5.77. The van der Waals surface area contributed by atoms with Crippen LogP contribution in [-0.2, 0) is 6.54 Å². The van der Waals surface area contributed by atoms with Crippen molar-refractivity contribution in [3.8, 4) is 0 Å². The molecule has 1 heterocycles. The minimum absolute atomic E-state index is 0.237. The fraction of sp³-hybridized carbons (Fsp3) is 0.667. The first-order valence-corrected chi connectivity index (χ1v) is 7.39. The van der Waals surface area contributed by atoms with Crippen molar-refractivity contribution in [2.75, 3.05) is 18.0 Å². The van der Waals surface area contributed by atoms with E-state index < -0.39 is 0 Å². The second kappa shape index (κ2) is 5.45. The van der Waals surface area contributed by atoms with Gasteiger partial charge in [-0.15, -0.1) is 0 Å². The molecular weight excluding hydrogens is 241 g/mol. The predicted octanol–water partition coefficient (Wildman–Crippen LogP) is 2.71.